The van der Waals surface area contributed by atoms with E-state index in [-0.39, 0.29) is 18.5 Å². The van der Waals surface area contributed by atoms with Crippen LogP contribution in [0.2, 0.25) is 0 Å². The number of hydrogen-bond donors (Lipinski definition) is 2. The fourth-order valence-corrected chi connectivity index (χ4v) is 3.30. The Labute approximate surface area is 183 Å². The fraction of sp³-hybridized carbons (Fsp3) is 0.417. The van der Waals surface area contributed by atoms with Crippen molar-refractivity contribution in [2.45, 2.75) is 34.1 Å². The molecular formula is C24H31N3O4. The molecule has 0 saturated carbocycles. The maximum absolute atomic E-state index is 13.1. The Hall–Kier alpha value is -3.22. The number of carbonyl (C=O) groups is 2. The second-order valence-corrected chi connectivity index (χ2v) is 8.80. The van der Waals surface area contributed by atoms with Gasteiger partial charge < -0.3 is 25.0 Å². The quantitative estimate of drug-likeness (QED) is 0.672. The topological polar surface area (TPSA) is 79.9 Å². The fourth-order valence-electron chi connectivity index (χ4n) is 3.30. The van der Waals surface area contributed by atoms with E-state index in [4.69, 9.17) is 9.47 Å². The number of methoxy groups -OCH3 is 1. The molecule has 0 atom stereocenters. The summed E-state index contributed by atoms with van der Waals surface area (Å²) in [6.45, 7) is 8.97. The van der Waals surface area contributed by atoms with Gasteiger partial charge in [0.15, 0.2) is 0 Å². The SMILES string of the molecule is COc1ccc(NC(=O)Nc2ccc3c(c2)OCC(C)(C)C(=O)N3CCC(C)C)cc1. The smallest absolute Gasteiger partial charge is 0.323 e. The molecule has 7 heteroatoms. The molecule has 0 spiro atoms. The molecule has 1 heterocycles. The number of nitrogens with one attached hydrogen (secondary N) is 2. The number of anilines is 3. The Morgan fingerprint density at radius 2 is 1.77 bits per heavy atom. The first-order chi connectivity index (χ1) is 14.7. The highest BCUT2D eigenvalue weighted by atomic mass is 16.5. The van der Waals surface area contributed by atoms with Crippen molar-refractivity contribution >= 4 is 29.0 Å². The average molecular weight is 426 g/mol. The minimum Gasteiger partial charge on any atom is -0.497 e. The van der Waals surface area contributed by atoms with Crippen LogP contribution in [0.1, 0.15) is 34.1 Å². The number of rotatable bonds is 6. The molecule has 1 aliphatic rings. The molecule has 0 saturated heterocycles. The van der Waals surface area contributed by atoms with E-state index in [2.05, 4.69) is 24.5 Å². The number of urea groups is 1. The molecule has 7 nitrogen and oxygen atoms in total. The van der Waals surface area contributed by atoms with Gasteiger partial charge in [-0.25, -0.2) is 4.79 Å². The van der Waals surface area contributed by atoms with E-state index in [1.54, 1.807) is 43.5 Å². The predicted octanol–water partition coefficient (Wildman–Crippen LogP) is 5.14. The van der Waals surface area contributed by atoms with E-state index in [0.29, 0.717) is 35.3 Å². The first kappa shape index (κ1) is 22.5. The zero-order chi connectivity index (χ0) is 22.6. The lowest BCUT2D eigenvalue weighted by atomic mass is 9.92. The number of benzene rings is 2. The third kappa shape index (κ3) is 5.48. The standard InChI is InChI=1S/C24H31N3O4/c1-16(2)12-13-27-20-11-8-18(14-21(20)31-15-24(3,4)22(27)28)26-23(29)25-17-6-9-19(30-5)10-7-17/h6-11,14,16H,12-13,15H2,1-5H3,(H2,25,26,29). The Balaban J connectivity index is 1.77. The Kier molecular flexibility index (Phi) is 6.73. The maximum atomic E-state index is 13.1. The first-order valence-electron chi connectivity index (χ1n) is 10.5. The molecule has 2 aromatic carbocycles. The summed E-state index contributed by atoms with van der Waals surface area (Å²) in [4.78, 5) is 27.3. The van der Waals surface area contributed by atoms with E-state index in [9.17, 15) is 9.59 Å². The monoisotopic (exact) mass is 425 g/mol. The number of hydrogen-bond acceptors (Lipinski definition) is 4. The third-order valence-corrected chi connectivity index (χ3v) is 5.20. The van der Waals surface area contributed by atoms with Gasteiger partial charge in [-0.1, -0.05) is 13.8 Å². The highest BCUT2D eigenvalue weighted by molar-refractivity contribution is 6.02. The van der Waals surface area contributed by atoms with Gasteiger partial charge in [0, 0.05) is 24.0 Å². The highest BCUT2D eigenvalue weighted by Crippen LogP contribution is 2.38. The van der Waals surface area contributed by atoms with Gasteiger partial charge in [0.1, 0.15) is 18.1 Å². The summed E-state index contributed by atoms with van der Waals surface area (Å²) in [6, 6.07) is 12.1. The average Bonchev–Trinajstić information content (AvgIpc) is 2.82. The first-order valence-corrected chi connectivity index (χ1v) is 10.5. The molecule has 3 amide bonds. The zero-order valence-electron chi connectivity index (χ0n) is 18.8. The summed E-state index contributed by atoms with van der Waals surface area (Å²) in [5, 5.41) is 5.61. The molecule has 31 heavy (non-hydrogen) atoms. The Bertz CT molecular complexity index is 938. The van der Waals surface area contributed by atoms with Gasteiger partial charge in [0.05, 0.1) is 18.2 Å². The van der Waals surface area contributed by atoms with Crippen LogP contribution in [0.15, 0.2) is 42.5 Å². The van der Waals surface area contributed by atoms with Gasteiger partial charge in [-0.05, 0) is 62.6 Å². The largest absolute Gasteiger partial charge is 0.497 e. The van der Waals surface area contributed by atoms with Crippen LogP contribution in [0.5, 0.6) is 11.5 Å². The molecule has 2 aromatic rings. The van der Waals surface area contributed by atoms with Crippen molar-refractivity contribution < 1.29 is 19.1 Å². The minimum atomic E-state index is -0.630. The molecule has 3 rings (SSSR count). The molecule has 2 N–H and O–H groups in total. The van der Waals surface area contributed by atoms with Crippen LogP contribution in [0.4, 0.5) is 21.9 Å². The van der Waals surface area contributed by atoms with Crippen molar-refractivity contribution in [1.82, 2.24) is 0 Å². The lowest BCUT2D eigenvalue weighted by molar-refractivity contribution is -0.127. The highest BCUT2D eigenvalue weighted by Gasteiger charge is 2.37. The summed E-state index contributed by atoms with van der Waals surface area (Å²) in [5.41, 5.74) is 1.34. The third-order valence-electron chi connectivity index (χ3n) is 5.20. The molecule has 0 aliphatic carbocycles. The summed E-state index contributed by atoms with van der Waals surface area (Å²) >= 11 is 0. The van der Waals surface area contributed by atoms with Crippen LogP contribution < -0.4 is 25.0 Å². The van der Waals surface area contributed by atoms with Gasteiger partial charge in [-0.15, -0.1) is 0 Å². The number of ether oxygens (including phenoxy) is 2. The molecule has 0 bridgehead atoms. The summed E-state index contributed by atoms with van der Waals surface area (Å²) in [5.74, 6) is 1.83. The summed E-state index contributed by atoms with van der Waals surface area (Å²) in [6.07, 6.45) is 0.894. The van der Waals surface area contributed by atoms with Gasteiger partial charge in [0.25, 0.3) is 0 Å². The van der Waals surface area contributed by atoms with Crippen LogP contribution in [-0.2, 0) is 4.79 Å². The molecule has 166 valence electrons. The minimum absolute atomic E-state index is 0.0462. The van der Waals surface area contributed by atoms with Gasteiger partial charge >= 0.3 is 6.03 Å². The van der Waals surface area contributed by atoms with Gasteiger partial charge in [-0.3, -0.25) is 4.79 Å². The zero-order valence-corrected chi connectivity index (χ0v) is 18.8. The van der Waals surface area contributed by atoms with E-state index in [1.165, 1.54) is 0 Å². The second-order valence-electron chi connectivity index (χ2n) is 8.80. The summed E-state index contributed by atoms with van der Waals surface area (Å²) < 4.78 is 11.1. The van der Waals surface area contributed by atoms with Crippen molar-refractivity contribution in [3.05, 3.63) is 42.5 Å². The van der Waals surface area contributed by atoms with Gasteiger partial charge in [-0.2, -0.15) is 0 Å². The van der Waals surface area contributed by atoms with Gasteiger partial charge in [0.2, 0.25) is 5.91 Å². The van der Waals surface area contributed by atoms with Crippen molar-refractivity contribution in [1.29, 1.82) is 0 Å². The van der Waals surface area contributed by atoms with Crippen LogP contribution in [-0.4, -0.2) is 32.2 Å². The number of carbonyl (C=O) groups excluding carboxylic acids is 2. The van der Waals surface area contributed by atoms with E-state index in [0.717, 1.165) is 12.1 Å². The van der Waals surface area contributed by atoms with Crippen LogP contribution in [0, 0.1) is 11.3 Å². The van der Waals surface area contributed by atoms with Crippen molar-refractivity contribution in [3.63, 3.8) is 0 Å². The second kappa shape index (κ2) is 9.29. The lowest BCUT2D eigenvalue weighted by Crippen LogP contribution is -2.42. The molecule has 0 aromatic heterocycles. The Morgan fingerprint density at radius 1 is 1.13 bits per heavy atom. The number of nitrogens with zero attached hydrogens (tertiary/aromatic N) is 1. The molecule has 0 radical (unpaired) electrons. The van der Waals surface area contributed by atoms with E-state index < -0.39 is 5.41 Å². The summed E-state index contributed by atoms with van der Waals surface area (Å²) in [7, 11) is 1.59. The molecular weight excluding hydrogens is 394 g/mol. The molecule has 0 unspecified atom stereocenters. The molecule has 1 aliphatic heterocycles. The van der Waals surface area contributed by atoms with Crippen molar-refractivity contribution in [2.24, 2.45) is 11.3 Å². The normalized spacial score (nSPS) is 15.0. The van der Waals surface area contributed by atoms with Crippen molar-refractivity contribution in [3.8, 4) is 11.5 Å². The van der Waals surface area contributed by atoms with Crippen LogP contribution in [0.25, 0.3) is 0 Å². The predicted molar refractivity (Wildman–Crippen MR) is 123 cm³/mol. The number of amides is 3. The van der Waals surface area contributed by atoms with Crippen LogP contribution >= 0.6 is 0 Å². The number of fused-ring (bicyclic) bond motifs is 1. The maximum Gasteiger partial charge on any atom is 0.323 e. The molecule has 0 fully saturated rings. The van der Waals surface area contributed by atoms with Crippen LogP contribution in [0.3, 0.4) is 0 Å². The van der Waals surface area contributed by atoms with Crippen molar-refractivity contribution in [2.75, 3.05) is 35.8 Å². The van der Waals surface area contributed by atoms with E-state index in [1.807, 2.05) is 24.8 Å². The Morgan fingerprint density at radius 3 is 2.42 bits per heavy atom. The lowest BCUT2D eigenvalue weighted by Gasteiger charge is -2.28. The van der Waals surface area contributed by atoms with E-state index >= 15 is 0 Å².